The third-order valence-electron chi connectivity index (χ3n) is 3.88. The zero-order valence-electron chi connectivity index (χ0n) is 14.7. The standard InChI is InChI=1S/C19H17Br2N3O3/c1-26-17-8-12(7-16(21)18(17)27-2)9-22-19(25)13-10-23-24(11-13)15-5-3-14(20)4-6-15/h3-8,10-11H,9H2,1-2H3,(H,22,25). The van der Waals surface area contributed by atoms with Crippen LogP contribution in [-0.2, 0) is 6.54 Å². The smallest absolute Gasteiger partial charge is 0.254 e. The number of methoxy groups -OCH3 is 2. The quantitative estimate of drug-likeness (QED) is 0.553. The summed E-state index contributed by atoms with van der Waals surface area (Å²) in [7, 11) is 3.15. The number of hydrogen-bond donors (Lipinski definition) is 1. The number of ether oxygens (including phenoxy) is 2. The van der Waals surface area contributed by atoms with Crippen LogP contribution in [0.1, 0.15) is 15.9 Å². The van der Waals surface area contributed by atoms with E-state index >= 15 is 0 Å². The molecule has 1 N–H and O–H groups in total. The molecule has 0 radical (unpaired) electrons. The Hall–Kier alpha value is -2.32. The van der Waals surface area contributed by atoms with E-state index in [1.165, 1.54) is 0 Å². The molecule has 0 aliphatic carbocycles. The van der Waals surface area contributed by atoms with Crippen LogP contribution >= 0.6 is 31.9 Å². The minimum absolute atomic E-state index is 0.204. The van der Waals surface area contributed by atoms with Gasteiger partial charge in [0.05, 0.1) is 36.1 Å². The number of halogens is 2. The van der Waals surface area contributed by atoms with Crippen LogP contribution in [0.15, 0.2) is 57.7 Å². The third-order valence-corrected chi connectivity index (χ3v) is 5.00. The second-order valence-corrected chi connectivity index (χ2v) is 7.42. The predicted octanol–water partition coefficient (Wildman–Crippen LogP) is 4.34. The Morgan fingerprint density at radius 3 is 2.56 bits per heavy atom. The summed E-state index contributed by atoms with van der Waals surface area (Å²) in [5, 5.41) is 7.14. The van der Waals surface area contributed by atoms with Gasteiger partial charge in [-0.1, -0.05) is 15.9 Å². The molecule has 140 valence electrons. The van der Waals surface area contributed by atoms with Crippen molar-refractivity contribution in [3.63, 3.8) is 0 Å². The van der Waals surface area contributed by atoms with Crippen molar-refractivity contribution in [3.8, 4) is 17.2 Å². The van der Waals surface area contributed by atoms with Gasteiger partial charge < -0.3 is 14.8 Å². The first-order valence-electron chi connectivity index (χ1n) is 8.01. The van der Waals surface area contributed by atoms with Gasteiger partial charge in [0.25, 0.3) is 5.91 Å². The molecule has 0 aliphatic heterocycles. The van der Waals surface area contributed by atoms with E-state index in [0.29, 0.717) is 23.6 Å². The molecule has 0 atom stereocenters. The Morgan fingerprint density at radius 1 is 1.15 bits per heavy atom. The fraction of sp³-hybridized carbons (Fsp3) is 0.158. The summed E-state index contributed by atoms with van der Waals surface area (Å²) in [6.45, 7) is 0.348. The largest absolute Gasteiger partial charge is 0.493 e. The predicted molar refractivity (Wildman–Crippen MR) is 110 cm³/mol. The van der Waals surface area contributed by atoms with Gasteiger partial charge in [-0.3, -0.25) is 4.79 Å². The topological polar surface area (TPSA) is 65.4 Å². The molecule has 0 fully saturated rings. The van der Waals surface area contributed by atoms with Crippen molar-refractivity contribution in [2.45, 2.75) is 6.54 Å². The lowest BCUT2D eigenvalue weighted by Crippen LogP contribution is -2.22. The molecule has 1 heterocycles. The highest BCUT2D eigenvalue weighted by molar-refractivity contribution is 9.10. The van der Waals surface area contributed by atoms with Crippen LogP contribution in [0.5, 0.6) is 11.5 Å². The molecule has 0 spiro atoms. The molecule has 0 saturated carbocycles. The Bertz CT molecular complexity index is 955. The van der Waals surface area contributed by atoms with Crippen LogP contribution in [0, 0.1) is 0 Å². The first kappa shape index (κ1) is 19.4. The van der Waals surface area contributed by atoms with Gasteiger partial charge in [0.15, 0.2) is 11.5 Å². The van der Waals surface area contributed by atoms with E-state index in [4.69, 9.17) is 9.47 Å². The minimum atomic E-state index is -0.204. The average Bonchev–Trinajstić information content (AvgIpc) is 3.16. The molecule has 2 aromatic carbocycles. The number of rotatable bonds is 6. The highest BCUT2D eigenvalue weighted by atomic mass is 79.9. The first-order valence-corrected chi connectivity index (χ1v) is 9.59. The van der Waals surface area contributed by atoms with Gasteiger partial charge in [-0.2, -0.15) is 5.10 Å². The molecule has 8 heteroatoms. The monoisotopic (exact) mass is 493 g/mol. The van der Waals surface area contributed by atoms with Gasteiger partial charge in [-0.15, -0.1) is 0 Å². The molecular weight excluding hydrogens is 478 g/mol. The van der Waals surface area contributed by atoms with Crippen molar-refractivity contribution in [3.05, 3.63) is 68.9 Å². The Balaban J connectivity index is 1.70. The van der Waals surface area contributed by atoms with Gasteiger partial charge >= 0.3 is 0 Å². The summed E-state index contributed by atoms with van der Waals surface area (Å²) in [6, 6.07) is 11.4. The molecule has 6 nitrogen and oxygen atoms in total. The maximum Gasteiger partial charge on any atom is 0.254 e. The van der Waals surface area contributed by atoms with Crippen molar-refractivity contribution >= 4 is 37.8 Å². The molecule has 0 bridgehead atoms. The molecule has 3 rings (SSSR count). The summed E-state index contributed by atoms with van der Waals surface area (Å²) >= 11 is 6.85. The van der Waals surface area contributed by atoms with Crippen molar-refractivity contribution in [1.29, 1.82) is 0 Å². The Morgan fingerprint density at radius 2 is 1.89 bits per heavy atom. The number of benzene rings is 2. The van der Waals surface area contributed by atoms with E-state index in [0.717, 1.165) is 20.2 Å². The van der Waals surface area contributed by atoms with Gasteiger partial charge in [0.1, 0.15) is 0 Å². The number of carbonyl (C=O) groups is 1. The summed E-state index contributed by atoms with van der Waals surface area (Å²) < 4.78 is 14.0. The molecule has 27 heavy (non-hydrogen) atoms. The second-order valence-electron chi connectivity index (χ2n) is 5.65. The molecular formula is C19H17Br2N3O3. The SMILES string of the molecule is COc1cc(CNC(=O)c2cnn(-c3ccc(Br)cc3)c2)cc(Br)c1OC. The molecule has 0 unspecified atom stereocenters. The van der Waals surface area contributed by atoms with Crippen molar-refractivity contribution in [2.24, 2.45) is 0 Å². The average molecular weight is 495 g/mol. The lowest BCUT2D eigenvalue weighted by molar-refractivity contribution is 0.0951. The highest BCUT2D eigenvalue weighted by Gasteiger charge is 2.13. The van der Waals surface area contributed by atoms with Crippen LogP contribution in [0.2, 0.25) is 0 Å². The van der Waals surface area contributed by atoms with Gasteiger partial charge in [0.2, 0.25) is 0 Å². The highest BCUT2D eigenvalue weighted by Crippen LogP contribution is 2.36. The fourth-order valence-electron chi connectivity index (χ4n) is 2.53. The van der Waals surface area contributed by atoms with Gasteiger partial charge in [0, 0.05) is 17.2 Å². The maximum absolute atomic E-state index is 12.4. The number of aromatic nitrogens is 2. The Labute approximate surface area is 173 Å². The molecule has 0 aliphatic rings. The van der Waals surface area contributed by atoms with E-state index in [-0.39, 0.29) is 5.91 Å². The van der Waals surface area contributed by atoms with Crippen LogP contribution in [0.25, 0.3) is 5.69 Å². The zero-order chi connectivity index (χ0) is 19.4. The number of hydrogen-bond acceptors (Lipinski definition) is 4. The number of carbonyl (C=O) groups excluding carboxylic acids is 1. The lowest BCUT2D eigenvalue weighted by atomic mass is 10.2. The number of nitrogens with one attached hydrogen (secondary N) is 1. The summed E-state index contributed by atoms with van der Waals surface area (Å²) in [6.07, 6.45) is 3.24. The summed E-state index contributed by atoms with van der Waals surface area (Å²) in [5.41, 5.74) is 2.24. The molecule has 1 amide bonds. The van der Waals surface area contributed by atoms with Gasteiger partial charge in [-0.25, -0.2) is 4.68 Å². The van der Waals surface area contributed by atoms with E-state index in [1.807, 2.05) is 36.4 Å². The normalized spacial score (nSPS) is 10.5. The molecule has 0 saturated heterocycles. The van der Waals surface area contributed by atoms with E-state index in [1.54, 1.807) is 31.3 Å². The summed E-state index contributed by atoms with van der Waals surface area (Å²) in [4.78, 5) is 12.4. The minimum Gasteiger partial charge on any atom is -0.493 e. The van der Waals surface area contributed by atoms with Crippen molar-refractivity contribution in [1.82, 2.24) is 15.1 Å². The number of nitrogens with zero attached hydrogens (tertiary/aromatic N) is 2. The molecule has 3 aromatic rings. The fourth-order valence-corrected chi connectivity index (χ4v) is 3.45. The molecule has 1 aromatic heterocycles. The van der Waals surface area contributed by atoms with E-state index in [9.17, 15) is 4.79 Å². The van der Waals surface area contributed by atoms with Crippen molar-refractivity contribution in [2.75, 3.05) is 14.2 Å². The summed E-state index contributed by atoms with van der Waals surface area (Å²) in [5.74, 6) is 1.01. The van der Waals surface area contributed by atoms with Crippen LogP contribution in [-0.4, -0.2) is 29.9 Å². The Kier molecular flexibility index (Phi) is 6.18. The second kappa shape index (κ2) is 8.58. The van der Waals surface area contributed by atoms with Crippen molar-refractivity contribution < 1.29 is 14.3 Å². The maximum atomic E-state index is 12.4. The van der Waals surface area contributed by atoms with E-state index < -0.39 is 0 Å². The van der Waals surface area contributed by atoms with Gasteiger partial charge in [-0.05, 0) is 57.9 Å². The zero-order valence-corrected chi connectivity index (χ0v) is 17.9. The van der Waals surface area contributed by atoms with E-state index in [2.05, 4.69) is 42.3 Å². The first-order chi connectivity index (χ1) is 13.0. The third kappa shape index (κ3) is 4.51. The van der Waals surface area contributed by atoms with Crippen LogP contribution in [0.4, 0.5) is 0 Å². The van der Waals surface area contributed by atoms with Crippen LogP contribution < -0.4 is 14.8 Å². The van der Waals surface area contributed by atoms with Crippen LogP contribution in [0.3, 0.4) is 0 Å². The lowest BCUT2D eigenvalue weighted by Gasteiger charge is -2.12. The number of amides is 1.